The number of esters is 1. The Morgan fingerprint density at radius 2 is 2.13 bits per heavy atom. The fraction of sp³-hybridized carbons (Fsp3) is 0.818. The van der Waals surface area contributed by atoms with Crippen molar-refractivity contribution in [2.45, 2.75) is 58.8 Å². The second kappa shape index (κ2) is 3.83. The van der Waals surface area contributed by atoms with Crippen molar-refractivity contribution in [1.82, 2.24) is 0 Å². The van der Waals surface area contributed by atoms with Crippen molar-refractivity contribution in [3.63, 3.8) is 0 Å². The predicted molar refractivity (Wildman–Crippen MR) is 57.7 cm³/mol. The fourth-order valence-corrected chi connectivity index (χ4v) is 1.98. The van der Waals surface area contributed by atoms with Crippen molar-refractivity contribution in [3.05, 3.63) is 0 Å². The van der Waals surface area contributed by atoms with Gasteiger partial charge in [0, 0.05) is 26.7 Å². The maximum absolute atomic E-state index is 11.0. The van der Waals surface area contributed by atoms with Crippen LogP contribution in [0.15, 0.2) is 4.99 Å². The van der Waals surface area contributed by atoms with E-state index in [1.165, 1.54) is 6.92 Å². The van der Waals surface area contributed by atoms with E-state index in [-0.39, 0.29) is 11.5 Å². The molecule has 4 nitrogen and oxygen atoms in total. The lowest BCUT2D eigenvalue weighted by molar-refractivity contribution is -0.204. The number of aliphatic imine (C=N–C) groups is 1. The van der Waals surface area contributed by atoms with Crippen LogP contribution in [0.4, 0.5) is 0 Å². The molecule has 1 atom stereocenters. The third-order valence-corrected chi connectivity index (χ3v) is 2.18. The van der Waals surface area contributed by atoms with Crippen LogP contribution in [0.3, 0.4) is 0 Å². The van der Waals surface area contributed by atoms with Gasteiger partial charge in [-0.15, -0.1) is 0 Å². The molecule has 0 aromatic rings. The van der Waals surface area contributed by atoms with Crippen LogP contribution in [0.2, 0.25) is 0 Å². The number of hydrogen-bond donors (Lipinski definition) is 0. The van der Waals surface area contributed by atoms with E-state index in [1.54, 1.807) is 6.92 Å². The maximum atomic E-state index is 11.0. The molecule has 0 radical (unpaired) electrons. The van der Waals surface area contributed by atoms with Gasteiger partial charge in [-0.25, -0.2) is 4.99 Å². The summed E-state index contributed by atoms with van der Waals surface area (Å²) in [7, 11) is 0. The summed E-state index contributed by atoms with van der Waals surface area (Å²) in [5.41, 5.74) is -0.242. The molecule has 86 valence electrons. The molecular weight excluding hydrogens is 194 g/mol. The number of ether oxygens (including phenoxy) is 2. The summed E-state index contributed by atoms with van der Waals surface area (Å²) < 4.78 is 10.8. The van der Waals surface area contributed by atoms with Crippen molar-refractivity contribution in [2.75, 3.05) is 0 Å². The standard InChI is InChI=1S/C11H19NO3/c1-6-9-12-10(3,4)7-11(5,15-9)14-8(2)13/h6-7H2,1-5H3. The van der Waals surface area contributed by atoms with Gasteiger partial charge in [0.1, 0.15) is 0 Å². The molecule has 0 spiro atoms. The summed E-state index contributed by atoms with van der Waals surface area (Å²) in [5, 5.41) is 0. The first-order chi connectivity index (χ1) is 6.76. The minimum atomic E-state index is -0.873. The molecule has 1 unspecified atom stereocenters. The van der Waals surface area contributed by atoms with E-state index in [0.29, 0.717) is 18.7 Å². The zero-order valence-corrected chi connectivity index (χ0v) is 10.1. The predicted octanol–water partition coefficient (Wildman–Crippen LogP) is 2.27. The van der Waals surface area contributed by atoms with Gasteiger partial charge in [-0.3, -0.25) is 4.79 Å². The van der Waals surface area contributed by atoms with Crippen LogP contribution < -0.4 is 0 Å². The maximum Gasteiger partial charge on any atom is 0.305 e. The second-order valence-corrected chi connectivity index (χ2v) is 4.68. The van der Waals surface area contributed by atoms with Gasteiger partial charge < -0.3 is 9.47 Å². The molecule has 4 heteroatoms. The number of nitrogens with zero attached hydrogens (tertiary/aromatic N) is 1. The van der Waals surface area contributed by atoms with Crippen LogP contribution in [0.5, 0.6) is 0 Å². The van der Waals surface area contributed by atoms with Crippen LogP contribution in [-0.2, 0) is 14.3 Å². The topological polar surface area (TPSA) is 47.9 Å². The lowest BCUT2D eigenvalue weighted by Gasteiger charge is -2.39. The Bertz CT molecular complexity index is 296. The third kappa shape index (κ3) is 3.22. The van der Waals surface area contributed by atoms with E-state index in [9.17, 15) is 4.79 Å². The normalized spacial score (nSPS) is 29.0. The summed E-state index contributed by atoms with van der Waals surface area (Å²) >= 11 is 0. The first-order valence-electron chi connectivity index (χ1n) is 5.24. The highest BCUT2D eigenvalue weighted by Gasteiger charge is 2.41. The van der Waals surface area contributed by atoms with Gasteiger partial charge in [-0.2, -0.15) is 0 Å². The Morgan fingerprint density at radius 1 is 1.53 bits per heavy atom. The van der Waals surface area contributed by atoms with Crippen molar-refractivity contribution < 1.29 is 14.3 Å². The molecule has 0 saturated heterocycles. The molecule has 0 aromatic carbocycles. The molecule has 1 heterocycles. The highest BCUT2D eigenvalue weighted by atomic mass is 16.7. The van der Waals surface area contributed by atoms with Gasteiger partial charge in [0.2, 0.25) is 0 Å². The molecule has 0 N–H and O–H groups in total. The molecule has 1 rings (SSSR count). The van der Waals surface area contributed by atoms with Crippen LogP contribution in [0.1, 0.15) is 47.5 Å². The summed E-state index contributed by atoms with van der Waals surface area (Å²) in [6.45, 7) is 9.15. The van der Waals surface area contributed by atoms with E-state index in [0.717, 1.165) is 0 Å². The molecule has 1 aliphatic heterocycles. The minimum Gasteiger partial charge on any atom is -0.440 e. The van der Waals surface area contributed by atoms with Crippen LogP contribution >= 0.6 is 0 Å². The van der Waals surface area contributed by atoms with Crippen LogP contribution in [0.25, 0.3) is 0 Å². The SMILES string of the molecule is CCC1=NC(C)(C)CC(C)(OC(C)=O)O1. The Morgan fingerprint density at radius 3 is 2.60 bits per heavy atom. The van der Waals surface area contributed by atoms with E-state index < -0.39 is 5.79 Å². The van der Waals surface area contributed by atoms with Crippen molar-refractivity contribution in [1.29, 1.82) is 0 Å². The summed E-state index contributed by atoms with van der Waals surface area (Å²) in [5.74, 6) is -0.553. The highest BCUT2D eigenvalue weighted by Crippen LogP contribution is 2.33. The molecule has 15 heavy (non-hydrogen) atoms. The zero-order chi connectivity index (χ0) is 11.7. The Labute approximate surface area is 90.7 Å². The highest BCUT2D eigenvalue weighted by molar-refractivity contribution is 5.77. The lowest BCUT2D eigenvalue weighted by atomic mass is 9.94. The monoisotopic (exact) mass is 213 g/mol. The average Bonchev–Trinajstić information content (AvgIpc) is 1.97. The number of rotatable bonds is 2. The van der Waals surface area contributed by atoms with E-state index >= 15 is 0 Å². The van der Waals surface area contributed by atoms with Crippen molar-refractivity contribution >= 4 is 11.9 Å². The molecule has 0 bridgehead atoms. The third-order valence-electron chi connectivity index (χ3n) is 2.18. The van der Waals surface area contributed by atoms with E-state index in [2.05, 4.69) is 4.99 Å². The summed E-state index contributed by atoms with van der Waals surface area (Å²) in [6, 6.07) is 0. The smallest absolute Gasteiger partial charge is 0.305 e. The van der Waals surface area contributed by atoms with E-state index in [1.807, 2.05) is 20.8 Å². The molecular formula is C11H19NO3. The van der Waals surface area contributed by atoms with Crippen LogP contribution in [-0.4, -0.2) is 23.2 Å². The fourth-order valence-electron chi connectivity index (χ4n) is 1.98. The largest absolute Gasteiger partial charge is 0.440 e. The molecule has 0 amide bonds. The lowest BCUT2D eigenvalue weighted by Crippen LogP contribution is -2.46. The van der Waals surface area contributed by atoms with Crippen LogP contribution in [0, 0.1) is 0 Å². The van der Waals surface area contributed by atoms with Gasteiger partial charge in [-0.05, 0) is 13.8 Å². The molecule has 0 aliphatic carbocycles. The summed E-state index contributed by atoms with van der Waals surface area (Å²) in [6.07, 6.45) is 1.28. The van der Waals surface area contributed by atoms with Crippen molar-refractivity contribution in [3.8, 4) is 0 Å². The number of hydrogen-bond acceptors (Lipinski definition) is 4. The van der Waals surface area contributed by atoms with Gasteiger partial charge >= 0.3 is 5.97 Å². The first kappa shape index (κ1) is 12.0. The number of carbonyl (C=O) groups excluding carboxylic acids is 1. The Hall–Kier alpha value is -1.06. The number of carbonyl (C=O) groups is 1. The molecule has 1 aliphatic rings. The van der Waals surface area contributed by atoms with Gasteiger partial charge in [-0.1, -0.05) is 6.92 Å². The molecule has 0 saturated carbocycles. The zero-order valence-electron chi connectivity index (χ0n) is 10.1. The van der Waals surface area contributed by atoms with E-state index in [4.69, 9.17) is 9.47 Å². The Kier molecular flexibility index (Phi) is 3.07. The summed E-state index contributed by atoms with van der Waals surface area (Å²) in [4.78, 5) is 15.4. The van der Waals surface area contributed by atoms with Crippen molar-refractivity contribution in [2.24, 2.45) is 4.99 Å². The minimum absolute atomic E-state index is 0.242. The Balaban J connectivity index is 2.88. The first-order valence-corrected chi connectivity index (χ1v) is 5.24. The van der Waals surface area contributed by atoms with Gasteiger partial charge in [0.25, 0.3) is 5.79 Å². The molecule has 0 aromatic heterocycles. The van der Waals surface area contributed by atoms with Gasteiger partial charge in [0.15, 0.2) is 5.90 Å². The van der Waals surface area contributed by atoms with Gasteiger partial charge in [0.05, 0.1) is 5.54 Å². The molecule has 0 fully saturated rings. The quantitative estimate of drug-likeness (QED) is 0.661. The average molecular weight is 213 g/mol. The second-order valence-electron chi connectivity index (χ2n) is 4.68.